The molecule has 0 bridgehead atoms. The molecule has 0 saturated heterocycles. The highest BCUT2D eigenvalue weighted by atomic mass is 16.2. The van der Waals surface area contributed by atoms with E-state index >= 15 is 0 Å². The number of carbonyl (C=O) groups is 2. The topological polar surface area (TPSA) is 37.4 Å². The third-order valence-electron chi connectivity index (χ3n) is 2.02. The van der Waals surface area contributed by atoms with Gasteiger partial charge in [0, 0.05) is 20.0 Å². The van der Waals surface area contributed by atoms with Crippen LogP contribution in [-0.4, -0.2) is 23.8 Å². The van der Waals surface area contributed by atoms with Gasteiger partial charge in [0.05, 0.1) is 0 Å². The first-order valence-corrected chi connectivity index (χ1v) is 4.62. The fraction of sp³-hybridized carbons (Fsp3) is 0.167. The van der Waals surface area contributed by atoms with Crippen molar-refractivity contribution >= 4 is 17.9 Å². The lowest BCUT2D eigenvalue weighted by Crippen LogP contribution is -2.29. The van der Waals surface area contributed by atoms with Gasteiger partial charge in [0.2, 0.25) is 5.91 Å². The zero-order valence-corrected chi connectivity index (χ0v) is 8.81. The molecule has 1 aromatic carbocycles. The van der Waals surface area contributed by atoms with Crippen molar-refractivity contribution < 1.29 is 9.59 Å². The van der Waals surface area contributed by atoms with Crippen LogP contribution in [0, 0.1) is 0 Å². The number of amides is 2. The lowest BCUT2D eigenvalue weighted by molar-refractivity contribution is -0.138. The fourth-order valence-electron chi connectivity index (χ4n) is 0.999. The summed E-state index contributed by atoms with van der Waals surface area (Å²) < 4.78 is 0. The maximum absolute atomic E-state index is 11.4. The number of likely N-dealkylation sites (N-methyl/N-ethyl adjacent to an activating group) is 1. The van der Waals surface area contributed by atoms with Crippen LogP contribution in [-0.2, 0) is 9.59 Å². The molecule has 1 aromatic rings. The molecule has 0 heterocycles. The normalized spacial score (nSPS) is 10.3. The van der Waals surface area contributed by atoms with Gasteiger partial charge in [-0.1, -0.05) is 30.3 Å². The Hall–Kier alpha value is -1.90. The van der Waals surface area contributed by atoms with Crippen LogP contribution in [0.25, 0.3) is 6.08 Å². The Kier molecular flexibility index (Phi) is 3.80. The van der Waals surface area contributed by atoms with E-state index in [-0.39, 0.29) is 11.8 Å². The Bertz CT molecular complexity index is 382. The van der Waals surface area contributed by atoms with Gasteiger partial charge in [-0.15, -0.1) is 0 Å². The molecule has 0 aromatic heterocycles. The molecule has 0 spiro atoms. The second kappa shape index (κ2) is 5.10. The van der Waals surface area contributed by atoms with E-state index in [1.165, 1.54) is 20.0 Å². The van der Waals surface area contributed by atoms with E-state index in [0.717, 1.165) is 10.5 Å². The highest BCUT2D eigenvalue weighted by molar-refractivity contribution is 6.01. The van der Waals surface area contributed by atoms with Gasteiger partial charge in [-0.2, -0.15) is 0 Å². The Morgan fingerprint density at radius 2 is 1.80 bits per heavy atom. The summed E-state index contributed by atoms with van der Waals surface area (Å²) in [6.45, 7) is 1.36. The third-order valence-corrected chi connectivity index (χ3v) is 2.02. The minimum absolute atomic E-state index is 0.266. The average molecular weight is 203 g/mol. The molecule has 0 N–H and O–H groups in total. The molecule has 78 valence electrons. The Morgan fingerprint density at radius 3 is 2.33 bits per heavy atom. The van der Waals surface area contributed by atoms with Crippen LogP contribution in [0.5, 0.6) is 0 Å². The molecule has 3 heteroatoms. The number of hydrogen-bond acceptors (Lipinski definition) is 2. The van der Waals surface area contributed by atoms with Crippen molar-refractivity contribution in [3.8, 4) is 0 Å². The number of rotatable bonds is 2. The molecule has 0 atom stereocenters. The van der Waals surface area contributed by atoms with Crippen molar-refractivity contribution in [3.05, 3.63) is 42.0 Å². The monoisotopic (exact) mass is 203 g/mol. The maximum atomic E-state index is 11.4. The van der Waals surface area contributed by atoms with Crippen LogP contribution in [0.1, 0.15) is 12.5 Å². The quantitative estimate of drug-likeness (QED) is 0.686. The summed E-state index contributed by atoms with van der Waals surface area (Å²) in [5.74, 6) is -0.580. The molecule has 3 nitrogen and oxygen atoms in total. The van der Waals surface area contributed by atoms with Gasteiger partial charge in [0.25, 0.3) is 5.91 Å². The molecule has 0 unspecified atom stereocenters. The summed E-state index contributed by atoms with van der Waals surface area (Å²) in [4.78, 5) is 23.3. The second-order valence-corrected chi connectivity index (χ2v) is 3.16. The van der Waals surface area contributed by atoms with E-state index in [1.807, 2.05) is 30.3 Å². The van der Waals surface area contributed by atoms with Gasteiger partial charge < -0.3 is 0 Å². The number of imide groups is 1. The van der Waals surface area contributed by atoms with E-state index in [9.17, 15) is 9.59 Å². The molecule has 0 aliphatic carbocycles. The van der Waals surface area contributed by atoms with Gasteiger partial charge in [-0.25, -0.2) is 0 Å². The second-order valence-electron chi connectivity index (χ2n) is 3.16. The molecule has 0 fully saturated rings. The molecule has 15 heavy (non-hydrogen) atoms. The third kappa shape index (κ3) is 3.38. The predicted octanol–water partition coefficient (Wildman–Crippen LogP) is 1.70. The standard InChI is InChI=1S/C12H13NO2/c1-10(14)13(2)12(15)9-8-11-6-4-3-5-7-11/h3-9H,1-2H3/b9-8+. The van der Waals surface area contributed by atoms with Crippen molar-refractivity contribution in [2.24, 2.45) is 0 Å². The van der Waals surface area contributed by atoms with E-state index in [2.05, 4.69) is 0 Å². The molecular weight excluding hydrogens is 190 g/mol. The molecule has 0 saturated carbocycles. The molecular formula is C12H13NO2. The molecule has 1 rings (SSSR count). The van der Waals surface area contributed by atoms with Crippen molar-refractivity contribution in [2.75, 3.05) is 7.05 Å². The Balaban J connectivity index is 2.67. The minimum atomic E-state index is -0.314. The van der Waals surface area contributed by atoms with Crippen molar-refractivity contribution in [1.82, 2.24) is 4.90 Å². The maximum Gasteiger partial charge on any atom is 0.252 e. The molecule has 2 amide bonds. The van der Waals surface area contributed by atoms with Gasteiger partial charge >= 0.3 is 0 Å². The first-order valence-electron chi connectivity index (χ1n) is 4.62. The van der Waals surface area contributed by atoms with E-state index in [0.29, 0.717) is 0 Å². The van der Waals surface area contributed by atoms with Crippen molar-refractivity contribution in [3.63, 3.8) is 0 Å². The SMILES string of the molecule is CC(=O)N(C)C(=O)/C=C/c1ccccc1. The van der Waals surface area contributed by atoms with Crippen LogP contribution in [0.2, 0.25) is 0 Å². The Morgan fingerprint density at radius 1 is 1.20 bits per heavy atom. The Labute approximate surface area is 89.0 Å². The van der Waals surface area contributed by atoms with Crippen molar-refractivity contribution in [2.45, 2.75) is 6.92 Å². The van der Waals surface area contributed by atoms with Crippen LogP contribution in [0.3, 0.4) is 0 Å². The molecule has 0 aliphatic rings. The van der Waals surface area contributed by atoms with Gasteiger partial charge in [0.15, 0.2) is 0 Å². The van der Waals surface area contributed by atoms with Crippen LogP contribution < -0.4 is 0 Å². The summed E-state index contributed by atoms with van der Waals surface area (Å²) in [6.07, 6.45) is 3.07. The summed E-state index contributed by atoms with van der Waals surface area (Å²) >= 11 is 0. The molecule has 0 radical (unpaired) electrons. The fourth-order valence-corrected chi connectivity index (χ4v) is 0.999. The van der Waals surface area contributed by atoms with Crippen LogP contribution >= 0.6 is 0 Å². The van der Waals surface area contributed by atoms with Gasteiger partial charge in [-0.05, 0) is 11.6 Å². The number of benzene rings is 1. The van der Waals surface area contributed by atoms with Gasteiger partial charge in [-0.3, -0.25) is 14.5 Å². The summed E-state index contributed by atoms with van der Waals surface area (Å²) in [5, 5.41) is 0. The highest BCUT2D eigenvalue weighted by Gasteiger charge is 2.07. The van der Waals surface area contributed by atoms with Crippen molar-refractivity contribution in [1.29, 1.82) is 0 Å². The first-order chi connectivity index (χ1) is 7.11. The average Bonchev–Trinajstić information content (AvgIpc) is 2.26. The summed E-state index contributed by atoms with van der Waals surface area (Å²) in [5.41, 5.74) is 0.933. The summed E-state index contributed by atoms with van der Waals surface area (Å²) in [6, 6.07) is 9.45. The zero-order valence-electron chi connectivity index (χ0n) is 8.81. The zero-order chi connectivity index (χ0) is 11.3. The predicted molar refractivity (Wildman–Crippen MR) is 58.9 cm³/mol. The van der Waals surface area contributed by atoms with Gasteiger partial charge in [0.1, 0.15) is 0 Å². The number of hydrogen-bond donors (Lipinski definition) is 0. The summed E-state index contributed by atoms with van der Waals surface area (Å²) in [7, 11) is 1.46. The lowest BCUT2D eigenvalue weighted by Gasteiger charge is -2.08. The van der Waals surface area contributed by atoms with Crippen LogP contribution in [0.15, 0.2) is 36.4 Å². The van der Waals surface area contributed by atoms with E-state index in [1.54, 1.807) is 6.08 Å². The lowest BCUT2D eigenvalue weighted by atomic mass is 10.2. The minimum Gasteiger partial charge on any atom is -0.282 e. The highest BCUT2D eigenvalue weighted by Crippen LogP contribution is 2.01. The number of carbonyl (C=O) groups excluding carboxylic acids is 2. The smallest absolute Gasteiger partial charge is 0.252 e. The van der Waals surface area contributed by atoms with Crippen LogP contribution in [0.4, 0.5) is 0 Å². The molecule has 0 aliphatic heterocycles. The van der Waals surface area contributed by atoms with E-state index in [4.69, 9.17) is 0 Å². The largest absolute Gasteiger partial charge is 0.282 e. The first kappa shape index (κ1) is 11.2. The number of nitrogens with zero attached hydrogens (tertiary/aromatic N) is 1. The van der Waals surface area contributed by atoms with E-state index < -0.39 is 0 Å².